The first-order valence-corrected chi connectivity index (χ1v) is 7.83. The van der Waals surface area contributed by atoms with Gasteiger partial charge in [-0.25, -0.2) is 0 Å². The average Bonchev–Trinajstić information content (AvgIpc) is 3.20. The third kappa shape index (κ3) is 2.35. The molecule has 8 heteroatoms. The van der Waals surface area contributed by atoms with Gasteiger partial charge < -0.3 is 14.2 Å². The van der Waals surface area contributed by atoms with Crippen molar-refractivity contribution in [3.8, 4) is 0 Å². The second-order valence-electron chi connectivity index (χ2n) is 5.81. The summed E-state index contributed by atoms with van der Waals surface area (Å²) >= 11 is 0. The Balaban J connectivity index is 1.78. The normalized spacial score (nSPS) is 37.7. The monoisotopic (exact) mass is 311 g/mol. The van der Waals surface area contributed by atoms with Crippen LogP contribution in [0.5, 0.6) is 0 Å². The Labute approximate surface area is 128 Å². The average molecular weight is 311 g/mol. The minimum atomic E-state index is -0.666. The molecule has 3 rings (SSSR count). The van der Waals surface area contributed by atoms with Gasteiger partial charge in [0, 0.05) is 0 Å². The lowest BCUT2D eigenvalue weighted by Gasteiger charge is -2.30. The van der Waals surface area contributed by atoms with Crippen molar-refractivity contribution in [2.45, 2.75) is 51.0 Å². The molecule has 0 aromatic carbocycles. The highest BCUT2D eigenvalue weighted by molar-refractivity contribution is 5.84. The van der Waals surface area contributed by atoms with Crippen LogP contribution >= 0.6 is 0 Å². The first kappa shape index (κ1) is 15.2. The van der Waals surface area contributed by atoms with Crippen molar-refractivity contribution in [2.24, 2.45) is 22.2 Å². The SMILES string of the molecule is CCCOC(=O)[C@H]1[C@@H]2O[C@@H]([C@H]3NN=N[C@H]32)[C@@H]1C(=O)OCCC. The molecule has 0 radical (unpaired) electrons. The summed E-state index contributed by atoms with van der Waals surface area (Å²) in [6.45, 7) is 4.50. The van der Waals surface area contributed by atoms with Gasteiger partial charge in [-0.2, -0.15) is 5.11 Å². The zero-order valence-corrected chi connectivity index (χ0v) is 12.7. The zero-order chi connectivity index (χ0) is 15.7. The number of esters is 2. The third-order valence-corrected chi connectivity index (χ3v) is 4.31. The van der Waals surface area contributed by atoms with E-state index in [0.29, 0.717) is 13.2 Å². The van der Waals surface area contributed by atoms with Crippen LogP contribution in [0.15, 0.2) is 10.3 Å². The van der Waals surface area contributed by atoms with E-state index >= 15 is 0 Å². The number of nitrogens with one attached hydrogen (secondary N) is 1. The number of fused-ring (bicyclic) bond motifs is 5. The molecule has 0 unspecified atom stereocenters. The lowest BCUT2D eigenvalue weighted by molar-refractivity contribution is -0.161. The fourth-order valence-electron chi connectivity index (χ4n) is 3.37. The molecule has 0 amide bonds. The van der Waals surface area contributed by atoms with Gasteiger partial charge in [0.15, 0.2) is 0 Å². The number of carbonyl (C=O) groups excluding carboxylic acids is 2. The van der Waals surface area contributed by atoms with Crippen LogP contribution < -0.4 is 5.43 Å². The summed E-state index contributed by atoms with van der Waals surface area (Å²) in [6, 6.07) is -0.404. The van der Waals surface area contributed by atoms with E-state index < -0.39 is 36.0 Å². The van der Waals surface area contributed by atoms with Crippen molar-refractivity contribution in [3.05, 3.63) is 0 Å². The number of nitrogens with zero attached hydrogens (tertiary/aromatic N) is 2. The van der Waals surface area contributed by atoms with Gasteiger partial charge in [-0.05, 0) is 12.8 Å². The van der Waals surface area contributed by atoms with Crippen LogP contribution in [-0.4, -0.2) is 49.4 Å². The Hall–Kier alpha value is -1.70. The molecule has 2 fully saturated rings. The molecule has 0 aromatic heterocycles. The Bertz CT molecular complexity index is 483. The Morgan fingerprint density at radius 2 is 1.64 bits per heavy atom. The highest BCUT2D eigenvalue weighted by Gasteiger charge is 2.67. The molecule has 3 heterocycles. The van der Waals surface area contributed by atoms with Crippen LogP contribution in [0.25, 0.3) is 0 Å². The minimum absolute atomic E-state index is 0.167. The van der Waals surface area contributed by atoms with Crippen LogP contribution in [0.2, 0.25) is 0 Å². The molecule has 0 saturated carbocycles. The first-order chi connectivity index (χ1) is 10.7. The first-order valence-electron chi connectivity index (χ1n) is 7.83. The second-order valence-corrected chi connectivity index (χ2v) is 5.81. The summed E-state index contributed by atoms with van der Waals surface area (Å²) < 4.78 is 16.3. The van der Waals surface area contributed by atoms with Gasteiger partial charge in [-0.3, -0.25) is 15.0 Å². The molecule has 2 bridgehead atoms. The third-order valence-electron chi connectivity index (χ3n) is 4.31. The van der Waals surface area contributed by atoms with E-state index in [4.69, 9.17) is 14.2 Å². The van der Waals surface area contributed by atoms with Crippen molar-refractivity contribution >= 4 is 11.9 Å². The molecule has 6 atom stereocenters. The van der Waals surface area contributed by atoms with Crippen LogP contribution in [0.3, 0.4) is 0 Å². The smallest absolute Gasteiger partial charge is 0.312 e. The molecular formula is C14H21N3O5. The molecule has 0 aliphatic carbocycles. The van der Waals surface area contributed by atoms with Crippen LogP contribution in [-0.2, 0) is 23.8 Å². The summed E-state index contributed by atoms with van der Waals surface area (Å²) in [6.07, 6.45) is 0.532. The maximum absolute atomic E-state index is 12.4. The molecule has 0 aromatic rings. The number of ether oxygens (including phenoxy) is 3. The molecule has 0 spiro atoms. The maximum Gasteiger partial charge on any atom is 0.312 e. The number of rotatable bonds is 6. The van der Waals surface area contributed by atoms with Gasteiger partial charge in [0.25, 0.3) is 0 Å². The molecular weight excluding hydrogens is 290 g/mol. The maximum atomic E-state index is 12.4. The molecule has 1 N–H and O–H groups in total. The lowest BCUT2D eigenvalue weighted by Crippen LogP contribution is -2.53. The number of hydrogen-bond acceptors (Lipinski definition) is 8. The molecule has 3 aliphatic heterocycles. The van der Waals surface area contributed by atoms with E-state index in [9.17, 15) is 9.59 Å². The fourth-order valence-corrected chi connectivity index (χ4v) is 3.37. The number of hydrogen-bond donors (Lipinski definition) is 1. The summed E-state index contributed by atoms with van der Waals surface area (Å²) in [4.78, 5) is 24.7. The predicted octanol–water partition coefficient (Wildman–Crippen LogP) is 0.614. The standard InChI is InChI=1S/C14H21N3O5/c1-3-5-20-13(18)7-8(14(19)21-6-4-2)12-10-9(11(7)22-12)15-17-16-10/h7-12H,3-6H2,1-2H3,(H,15,16)/t7-,8-,9-,10+,11+,12-/m1/s1. The van der Waals surface area contributed by atoms with Crippen molar-refractivity contribution in [1.82, 2.24) is 5.43 Å². The van der Waals surface area contributed by atoms with E-state index in [1.165, 1.54) is 0 Å². The van der Waals surface area contributed by atoms with E-state index in [1.807, 2.05) is 13.8 Å². The Kier molecular flexibility index (Phi) is 4.28. The predicted molar refractivity (Wildman–Crippen MR) is 73.7 cm³/mol. The van der Waals surface area contributed by atoms with Gasteiger partial charge in [-0.15, -0.1) is 0 Å². The quantitative estimate of drug-likeness (QED) is 0.722. The topological polar surface area (TPSA) is 98.6 Å². The Morgan fingerprint density at radius 1 is 1.05 bits per heavy atom. The van der Waals surface area contributed by atoms with Crippen molar-refractivity contribution in [1.29, 1.82) is 0 Å². The fraction of sp³-hybridized carbons (Fsp3) is 0.857. The molecule has 8 nitrogen and oxygen atoms in total. The van der Waals surface area contributed by atoms with E-state index in [2.05, 4.69) is 15.8 Å². The molecule has 122 valence electrons. The lowest BCUT2D eigenvalue weighted by atomic mass is 9.74. The van der Waals surface area contributed by atoms with Crippen LogP contribution in [0.4, 0.5) is 0 Å². The van der Waals surface area contributed by atoms with Gasteiger partial charge in [0.1, 0.15) is 17.9 Å². The summed E-state index contributed by atoms with van der Waals surface area (Å²) in [5, 5.41) is 7.89. The van der Waals surface area contributed by atoms with Gasteiger partial charge >= 0.3 is 11.9 Å². The summed E-state index contributed by atoms with van der Waals surface area (Å²) in [5.74, 6) is -2.13. The van der Waals surface area contributed by atoms with E-state index in [0.717, 1.165) is 12.8 Å². The van der Waals surface area contributed by atoms with E-state index in [-0.39, 0.29) is 12.1 Å². The van der Waals surface area contributed by atoms with Crippen LogP contribution in [0, 0.1) is 11.8 Å². The Morgan fingerprint density at radius 3 is 2.23 bits per heavy atom. The van der Waals surface area contributed by atoms with Gasteiger partial charge in [0.2, 0.25) is 0 Å². The number of carbonyl (C=O) groups is 2. The van der Waals surface area contributed by atoms with E-state index in [1.54, 1.807) is 0 Å². The van der Waals surface area contributed by atoms with Crippen molar-refractivity contribution in [3.63, 3.8) is 0 Å². The summed E-state index contributed by atoms with van der Waals surface area (Å²) in [7, 11) is 0. The molecule has 2 saturated heterocycles. The van der Waals surface area contributed by atoms with Gasteiger partial charge in [0.05, 0.1) is 31.5 Å². The highest BCUT2D eigenvalue weighted by Crippen LogP contribution is 2.47. The van der Waals surface area contributed by atoms with Crippen LogP contribution in [0.1, 0.15) is 26.7 Å². The highest BCUT2D eigenvalue weighted by atomic mass is 16.6. The zero-order valence-electron chi connectivity index (χ0n) is 12.7. The van der Waals surface area contributed by atoms with Crippen molar-refractivity contribution in [2.75, 3.05) is 13.2 Å². The molecule has 3 aliphatic rings. The largest absolute Gasteiger partial charge is 0.465 e. The minimum Gasteiger partial charge on any atom is -0.465 e. The van der Waals surface area contributed by atoms with Crippen molar-refractivity contribution < 1.29 is 23.8 Å². The second kappa shape index (κ2) is 6.20. The molecule has 22 heavy (non-hydrogen) atoms. The van der Waals surface area contributed by atoms with Gasteiger partial charge in [-0.1, -0.05) is 19.1 Å². The summed E-state index contributed by atoms with van der Waals surface area (Å²) in [5.41, 5.74) is 2.87.